The molecule has 104 valence electrons. The topological polar surface area (TPSA) is 29.5 Å². The number of morpholine rings is 1. The van der Waals surface area contributed by atoms with Gasteiger partial charge in [0.25, 0.3) is 5.91 Å². The molecule has 2 rings (SSSR count). The normalized spacial score (nSPS) is 23.4. The van der Waals surface area contributed by atoms with Crippen LogP contribution in [0.3, 0.4) is 0 Å². The fraction of sp³-hybridized carbons (Fsp3) is 0.562. The van der Waals surface area contributed by atoms with Crippen molar-refractivity contribution in [1.29, 1.82) is 0 Å². The maximum absolute atomic E-state index is 12.4. The molecule has 0 unspecified atom stereocenters. The second kappa shape index (κ2) is 6.20. The lowest BCUT2D eigenvalue weighted by molar-refractivity contribution is -0.0586. The Balaban J connectivity index is 2.06. The molecule has 19 heavy (non-hydrogen) atoms. The fourth-order valence-electron chi connectivity index (χ4n) is 2.63. The van der Waals surface area contributed by atoms with Crippen LogP contribution in [0.4, 0.5) is 0 Å². The number of nitrogens with zero attached hydrogens (tertiary/aromatic N) is 1. The van der Waals surface area contributed by atoms with Crippen LogP contribution in [0.1, 0.15) is 43.1 Å². The molecule has 0 bridgehead atoms. The molecule has 1 amide bonds. The molecule has 1 aromatic carbocycles. The molecule has 1 saturated heterocycles. The highest BCUT2D eigenvalue weighted by molar-refractivity contribution is 5.94. The molecule has 0 N–H and O–H groups in total. The van der Waals surface area contributed by atoms with Crippen LogP contribution in [-0.2, 0) is 11.2 Å². The number of benzene rings is 1. The van der Waals surface area contributed by atoms with E-state index in [0.29, 0.717) is 13.1 Å². The quantitative estimate of drug-likeness (QED) is 0.837. The summed E-state index contributed by atoms with van der Waals surface area (Å²) in [6.45, 7) is 7.55. The SMILES string of the molecule is CCCc1ccc(C(=O)N2C[C@@H](C)O[C@@H](C)C2)cc1. The summed E-state index contributed by atoms with van der Waals surface area (Å²) in [5, 5.41) is 0. The molecule has 1 aromatic rings. The number of rotatable bonds is 3. The Morgan fingerprint density at radius 2 is 1.79 bits per heavy atom. The van der Waals surface area contributed by atoms with Gasteiger partial charge in [0.05, 0.1) is 12.2 Å². The van der Waals surface area contributed by atoms with Crippen molar-refractivity contribution in [3.63, 3.8) is 0 Å². The van der Waals surface area contributed by atoms with Gasteiger partial charge in [0.1, 0.15) is 0 Å². The van der Waals surface area contributed by atoms with E-state index in [1.54, 1.807) is 0 Å². The van der Waals surface area contributed by atoms with E-state index in [-0.39, 0.29) is 18.1 Å². The molecule has 1 aliphatic heterocycles. The highest BCUT2D eigenvalue weighted by atomic mass is 16.5. The third-order valence-corrected chi connectivity index (χ3v) is 3.45. The van der Waals surface area contributed by atoms with E-state index < -0.39 is 0 Å². The van der Waals surface area contributed by atoms with E-state index in [1.165, 1.54) is 5.56 Å². The van der Waals surface area contributed by atoms with E-state index >= 15 is 0 Å². The highest BCUT2D eigenvalue weighted by Gasteiger charge is 2.26. The Labute approximate surface area is 115 Å². The summed E-state index contributed by atoms with van der Waals surface area (Å²) in [6, 6.07) is 8.00. The number of hydrogen-bond acceptors (Lipinski definition) is 2. The number of hydrogen-bond donors (Lipinski definition) is 0. The van der Waals surface area contributed by atoms with Crippen LogP contribution >= 0.6 is 0 Å². The fourth-order valence-corrected chi connectivity index (χ4v) is 2.63. The van der Waals surface area contributed by atoms with Crippen LogP contribution in [0.15, 0.2) is 24.3 Å². The van der Waals surface area contributed by atoms with Gasteiger partial charge < -0.3 is 9.64 Å². The van der Waals surface area contributed by atoms with Crippen LogP contribution in [0, 0.1) is 0 Å². The summed E-state index contributed by atoms with van der Waals surface area (Å²) in [5.74, 6) is 0.116. The van der Waals surface area contributed by atoms with Gasteiger partial charge >= 0.3 is 0 Å². The van der Waals surface area contributed by atoms with Crippen molar-refractivity contribution in [2.75, 3.05) is 13.1 Å². The first-order valence-corrected chi connectivity index (χ1v) is 7.13. The number of ether oxygens (including phenoxy) is 1. The van der Waals surface area contributed by atoms with Gasteiger partial charge in [0.15, 0.2) is 0 Å². The van der Waals surface area contributed by atoms with Crippen molar-refractivity contribution in [2.24, 2.45) is 0 Å². The van der Waals surface area contributed by atoms with Crippen molar-refractivity contribution < 1.29 is 9.53 Å². The average Bonchev–Trinajstić information content (AvgIpc) is 2.38. The van der Waals surface area contributed by atoms with E-state index in [4.69, 9.17) is 4.74 Å². The number of aryl methyl sites for hydroxylation is 1. The van der Waals surface area contributed by atoms with Gasteiger partial charge in [-0.05, 0) is 38.0 Å². The molecule has 0 spiro atoms. The lowest BCUT2D eigenvalue weighted by Gasteiger charge is -2.35. The third kappa shape index (κ3) is 3.57. The van der Waals surface area contributed by atoms with Gasteiger partial charge in [-0.2, -0.15) is 0 Å². The molecule has 1 heterocycles. The lowest BCUT2D eigenvalue weighted by atomic mass is 10.1. The Morgan fingerprint density at radius 3 is 2.32 bits per heavy atom. The summed E-state index contributed by atoms with van der Waals surface area (Å²) >= 11 is 0. The first kappa shape index (κ1) is 14.1. The van der Waals surface area contributed by atoms with Crippen LogP contribution in [-0.4, -0.2) is 36.1 Å². The van der Waals surface area contributed by atoms with E-state index in [0.717, 1.165) is 18.4 Å². The van der Waals surface area contributed by atoms with Crippen LogP contribution in [0.2, 0.25) is 0 Å². The number of carbonyl (C=O) groups is 1. The highest BCUT2D eigenvalue weighted by Crippen LogP contribution is 2.15. The zero-order valence-electron chi connectivity index (χ0n) is 12.1. The molecular formula is C16H23NO2. The molecule has 1 fully saturated rings. The summed E-state index contributed by atoms with van der Waals surface area (Å²) < 4.78 is 5.66. The first-order valence-electron chi connectivity index (χ1n) is 7.13. The minimum Gasteiger partial charge on any atom is -0.372 e. The minimum absolute atomic E-state index is 0.116. The van der Waals surface area contributed by atoms with E-state index in [1.807, 2.05) is 30.9 Å². The Bertz CT molecular complexity index is 417. The van der Waals surface area contributed by atoms with Gasteiger partial charge in [-0.1, -0.05) is 25.5 Å². The molecule has 0 radical (unpaired) electrons. The smallest absolute Gasteiger partial charge is 0.254 e. The molecule has 0 saturated carbocycles. The standard InChI is InChI=1S/C16H23NO2/c1-4-5-14-6-8-15(9-7-14)16(18)17-10-12(2)19-13(3)11-17/h6-9,12-13H,4-5,10-11H2,1-3H3/t12-,13+. The minimum atomic E-state index is 0.116. The predicted molar refractivity (Wildman–Crippen MR) is 76.3 cm³/mol. The van der Waals surface area contributed by atoms with Gasteiger partial charge in [0, 0.05) is 18.7 Å². The van der Waals surface area contributed by atoms with Gasteiger partial charge in [-0.3, -0.25) is 4.79 Å². The molecule has 3 nitrogen and oxygen atoms in total. The van der Waals surface area contributed by atoms with Crippen LogP contribution < -0.4 is 0 Å². The maximum atomic E-state index is 12.4. The average molecular weight is 261 g/mol. The maximum Gasteiger partial charge on any atom is 0.254 e. The van der Waals surface area contributed by atoms with Crippen molar-refractivity contribution in [2.45, 2.75) is 45.8 Å². The van der Waals surface area contributed by atoms with E-state index in [9.17, 15) is 4.79 Å². The van der Waals surface area contributed by atoms with E-state index in [2.05, 4.69) is 19.1 Å². The van der Waals surface area contributed by atoms with Crippen molar-refractivity contribution >= 4 is 5.91 Å². The summed E-state index contributed by atoms with van der Waals surface area (Å²) in [7, 11) is 0. The largest absolute Gasteiger partial charge is 0.372 e. The molecule has 2 atom stereocenters. The zero-order valence-corrected chi connectivity index (χ0v) is 12.1. The molecule has 1 aliphatic rings. The summed E-state index contributed by atoms with van der Waals surface area (Å²) in [5.41, 5.74) is 2.07. The predicted octanol–water partition coefficient (Wildman–Crippen LogP) is 2.89. The Hall–Kier alpha value is -1.35. The van der Waals surface area contributed by atoms with Crippen LogP contribution in [0.5, 0.6) is 0 Å². The van der Waals surface area contributed by atoms with Crippen LogP contribution in [0.25, 0.3) is 0 Å². The van der Waals surface area contributed by atoms with Gasteiger partial charge in [0.2, 0.25) is 0 Å². The first-order chi connectivity index (χ1) is 9.10. The second-order valence-corrected chi connectivity index (χ2v) is 5.41. The third-order valence-electron chi connectivity index (χ3n) is 3.45. The molecule has 3 heteroatoms. The molecule has 0 aliphatic carbocycles. The van der Waals surface area contributed by atoms with Crippen molar-refractivity contribution in [3.8, 4) is 0 Å². The Kier molecular flexibility index (Phi) is 4.59. The van der Waals surface area contributed by atoms with Crippen molar-refractivity contribution in [3.05, 3.63) is 35.4 Å². The second-order valence-electron chi connectivity index (χ2n) is 5.41. The number of carbonyl (C=O) groups excluding carboxylic acids is 1. The molecule has 0 aromatic heterocycles. The molecular weight excluding hydrogens is 238 g/mol. The number of amides is 1. The van der Waals surface area contributed by atoms with Crippen molar-refractivity contribution in [1.82, 2.24) is 4.90 Å². The Morgan fingerprint density at radius 1 is 1.21 bits per heavy atom. The summed E-state index contributed by atoms with van der Waals surface area (Å²) in [6.07, 6.45) is 2.44. The van der Waals surface area contributed by atoms with Gasteiger partial charge in [-0.15, -0.1) is 0 Å². The summed E-state index contributed by atoms with van der Waals surface area (Å²) in [4.78, 5) is 14.3. The zero-order chi connectivity index (χ0) is 13.8. The van der Waals surface area contributed by atoms with Gasteiger partial charge in [-0.25, -0.2) is 0 Å². The lowest BCUT2D eigenvalue weighted by Crippen LogP contribution is -2.48. The monoisotopic (exact) mass is 261 g/mol.